The summed E-state index contributed by atoms with van der Waals surface area (Å²) in [5, 5.41) is 17.6. The van der Waals surface area contributed by atoms with Crippen LogP contribution in [-0.4, -0.2) is 28.1 Å². The summed E-state index contributed by atoms with van der Waals surface area (Å²) in [5.74, 6) is -1.11. The van der Waals surface area contributed by atoms with E-state index in [0.717, 1.165) is 24.3 Å². The van der Waals surface area contributed by atoms with Crippen molar-refractivity contribution in [3.63, 3.8) is 0 Å². The Labute approximate surface area is 128 Å². The summed E-state index contributed by atoms with van der Waals surface area (Å²) in [5.41, 5.74) is 0. The maximum absolute atomic E-state index is 12.1. The zero-order valence-corrected chi connectivity index (χ0v) is 12.9. The molecule has 3 N–H and O–H groups in total. The lowest BCUT2D eigenvalue weighted by molar-refractivity contribution is -0.143. The summed E-state index contributed by atoms with van der Waals surface area (Å²) in [6, 6.07) is -0.398. The second kappa shape index (κ2) is 7.40. The van der Waals surface area contributed by atoms with Gasteiger partial charge in [0.2, 0.25) is 0 Å². The standard InChI is InChI=1S/C14H21N3O3S/c1-2-11(12-15-6-7-21-12)17-14(20)16-10-5-3-4-9(8-10)13(18)19/h6-7,9-11H,2-5,8H2,1H3,(H,18,19)(H2,16,17,20). The summed E-state index contributed by atoms with van der Waals surface area (Å²) in [6.45, 7) is 1.99. The predicted octanol–water partition coefficient (Wildman–Crippen LogP) is 2.54. The molecule has 0 radical (unpaired) electrons. The number of nitrogens with zero attached hydrogens (tertiary/aromatic N) is 1. The number of rotatable bonds is 5. The van der Waals surface area contributed by atoms with Gasteiger partial charge in [-0.05, 0) is 25.7 Å². The number of amides is 2. The zero-order valence-electron chi connectivity index (χ0n) is 12.0. The molecule has 0 bridgehead atoms. The third kappa shape index (κ3) is 4.42. The maximum Gasteiger partial charge on any atom is 0.315 e. The van der Waals surface area contributed by atoms with Crippen LogP contribution in [-0.2, 0) is 4.79 Å². The molecule has 2 amide bonds. The molecule has 3 atom stereocenters. The number of thiazole rings is 1. The summed E-state index contributed by atoms with van der Waals surface area (Å²) >= 11 is 1.52. The highest BCUT2D eigenvalue weighted by Crippen LogP contribution is 2.24. The molecule has 21 heavy (non-hydrogen) atoms. The number of hydrogen-bond acceptors (Lipinski definition) is 4. The number of hydrogen-bond donors (Lipinski definition) is 3. The minimum Gasteiger partial charge on any atom is -0.481 e. The molecule has 0 aliphatic heterocycles. The lowest BCUT2D eigenvalue weighted by Gasteiger charge is -2.28. The molecule has 7 heteroatoms. The van der Waals surface area contributed by atoms with E-state index in [9.17, 15) is 9.59 Å². The van der Waals surface area contributed by atoms with Crippen molar-refractivity contribution < 1.29 is 14.7 Å². The molecule has 1 fully saturated rings. The minimum absolute atomic E-state index is 0.0614. The van der Waals surface area contributed by atoms with Crippen molar-refractivity contribution in [2.45, 2.75) is 51.1 Å². The van der Waals surface area contributed by atoms with Crippen LogP contribution in [0.1, 0.15) is 50.1 Å². The molecule has 2 rings (SSSR count). The second-order valence-electron chi connectivity index (χ2n) is 5.35. The first-order valence-electron chi connectivity index (χ1n) is 7.29. The summed E-state index contributed by atoms with van der Waals surface area (Å²) in [4.78, 5) is 27.3. The Morgan fingerprint density at radius 1 is 1.52 bits per heavy atom. The van der Waals surface area contributed by atoms with Crippen LogP contribution in [0, 0.1) is 5.92 Å². The van der Waals surface area contributed by atoms with E-state index in [2.05, 4.69) is 15.6 Å². The molecule has 6 nitrogen and oxygen atoms in total. The Kier molecular flexibility index (Phi) is 5.55. The average Bonchev–Trinajstić information content (AvgIpc) is 2.99. The van der Waals surface area contributed by atoms with E-state index in [4.69, 9.17) is 5.11 Å². The van der Waals surface area contributed by atoms with Crippen molar-refractivity contribution in [1.82, 2.24) is 15.6 Å². The average molecular weight is 311 g/mol. The summed E-state index contributed by atoms with van der Waals surface area (Å²) < 4.78 is 0. The van der Waals surface area contributed by atoms with Crippen LogP contribution >= 0.6 is 11.3 Å². The molecule has 1 aliphatic rings. The highest BCUT2D eigenvalue weighted by molar-refractivity contribution is 7.09. The number of aromatic nitrogens is 1. The van der Waals surface area contributed by atoms with Crippen LogP contribution < -0.4 is 10.6 Å². The van der Waals surface area contributed by atoms with Gasteiger partial charge in [0.05, 0.1) is 12.0 Å². The van der Waals surface area contributed by atoms with Crippen molar-refractivity contribution in [3.05, 3.63) is 16.6 Å². The van der Waals surface area contributed by atoms with Crippen LogP contribution in [0.25, 0.3) is 0 Å². The quantitative estimate of drug-likeness (QED) is 0.779. The van der Waals surface area contributed by atoms with E-state index in [1.54, 1.807) is 6.20 Å². The molecule has 3 unspecified atom stereocenters. The van der Waals surface area contributed by atoms with Crippen molar-refractivity contribution in [2.75, 3.05) is 0 Å². The van der Waals surface area contributed by atoms with Crippen LogP contribution in [0.3, 0.4) is 0 Å². The van der Waals surface area contributed by atoms with Gasteiger partial charge in [0.15, 0.2) is 0 Å². The Morgan fingerprint density at radius 3 is 2.95 bits per heavy atom. The number of carboxylic acid groups (broad SMARTS) is 1. The molecular formula is C14H21N3O3S. The van der Waals surface area contributed by atoms with Crippen LogP contribution in [0.4, 0.5) is 4.79 Å². The zero-order chi connectivity index (χ0) is 15.2. The van der Waals surface area contributed by atoms with Gasteiger partial charge in [-0.15, -0.1) is 11.3 Å². The molecule has 0 aromatic carbocycles. The maximum atomic E-state index is 12.1. The van der Waals surface area contributed by atoms with Gasteiger partial charge in [-0.25, -0.2) is 9.78 Å². The number of aliphatic carboxylic acids is 1. The fraction of sp³-hybridized carbons (Fsp3) is 0.643. The smallest absolute Gasteiger partial charge is 0.315 e. The topological polar surface area (TPSA) is 91.3 Å². The van der Waals surface area contributed by atoms with E-state index in [-0.39, 0.29) is 24.0 Å². The third-order valence-electron chi connectivity index (χ3n) is 3.82. The van der Waals surface area contributed by atoms with Crippen LogP contribution in [0.2, 0.25) is 0 Å². The van der Waals surface area contributed by atoms with Crippen molar-refractivity contribution >= 4 is 23.3 Å². The van der Waals surface area contributed by atoms with Gasteiger partial charge in [0, 0.05) is 17.6 Å². The fourth-order valence-corrected chi connectivity index (χ4v) is 3.45. The predicted molar refractivity (Wildman–Crippen MR) is 80.2 cm³/mol. The third-order valence-corrected chi connectivity index (χ3v) is 4.71. The van der Waals surface area contributed by atoms with Gasteiger partial charge in [0.25, 0.3) is 0 Å². The van der Waals surface area contributed by atoms with Gasteiger partial charge in [-0.2, -0.15) is 0 Å². The Bertz CT molecular complexity index is 478. The first-order chi connectivity index (χ1) is 10.1. The van der Waals surface area contributed by atoms with E-state index < -0.39 is 5.97 Å². The molecule has 1 aromatic heterocycles. The highest BCUT2D eigenvalue weighted by Gasteiger charge is 2.28. The molecule has 0 saturated heterocycles. The Hall–Kier alpha value is -1.63. The molecule has 1 heterocycles. The van der Waals surface area contributed by atoms with Gasteiger partial charge < -0.3 is 15.7 Å². The van der Waals surface area contributed by atoms with E-state index >= 15 is 0 Å². The van der Waals surface area contributed by atoms with Gasteiger partial charge >= 0.3 is 12.0 Å². The number of urea groups is 1. The van der Waals surface area contributed by atoms with Crippen molar-refractivity contribution in [3.8, 4) is 0 Å². The highest BCUT2D eigenvalue weighted by atomic mass is 32.1. The van der Waals surface area contributed by atoms with Gasteiger partial charge in [-0.1, -0.05) is 13.3 Å². The lowest BCUT2D eigenvalue weighted by atomic mass is 9.86. The minimum atomic E-state index is -0.767. The van der Waals surface area contributed by atoms with Gasteiger partial charge in [-0.3, -0.25) is 4.79 Å². The molecule has 1 saturated carbocycles. The fourth-order valence-electron chi connectivity index (χ4n) is 2.68. The first kappa shape index (κ1) is 15.8. The molecule has 116 valence electrons. The first-order valence-corrected chi connectivity index (χ1v) is 8.17. The Balaban J connectivity index is 1.85. The van der Waals surface area contributed by atoms with Gasteiger partial charge in [0.1, 0.15) is 5.01 Å². The Morgan fingerprint density at radius 2 is 2.33 bits per heavy atom. The SMILES string of the molecule is CCC(NC(=O)NC1CCCC(C(=O)O)C1)c1nccs1. The van der Waals surface area contributed by atoms with Crippen LogP contribution in [0.5, 0.6) is 0 Å². The second-order valence-corrected chi connectivity index (χ2v) is 6.27. The lowest BCUT2D eigenvalue weighted by Crippen LogP contribution is -2.45. The normalized spacial score (nSPS) is 23.3. The van der Waals surface area contributed by atoms with Crippen LogP contribution in [0.15, 0.2) is 11.6 Å². The monoisotopic (exact) mass is 311 g/mol. The largest absolute Gasteiger partial charge is 0.481 e. The summed E-state index contributed by atoms with van der Waals surface area (Å²) in [7, 11) is 0. The number of nitrogens with one attached hydrogen (secondary N) is 2. The summed E-state index contributed by atoms with van der Waals surface area (Å²) in [6.07, 6.45) is 5.38. The molecular weight excluding hydrogens is 290 g/mol. The van der Waals surface area contributed by atoms with Crippen molar-refractivity contribution in [1.29, 1.82) is 0 Å². The molecule has 0 spiro atoms. The van der Waals surface area contributed by atoms with E-state index in [0.29, 0.717) is 12.8 Å². The van der Waals surface area contributed by atoms with Crippen molar-refractivity contribution in [2.24, 2.45) is 5.92 Å². The number of carbonyl (C=O) groups excluding carboxylic acids is 1. The number of carboxylic acids is 1. The van der Waals surface area contributed by atoms with E-state index in [1.807, 2.05) is 12.3 Å². The molecule has 1 aliphatic carbocycles. The molecule has 1 aromatic rings. The van der Waals surface area contributed by atoms with E-state index in [1.165, 1.54) is 11.3 Å². The number of carbonyl (C=O) groups is 2.